The molecule has 0 fully saturated rings. The standard InChI is InChI=1S/C8H18O4S/c1-6(2)8(13(10,11)12)5-4-7(3)9/h6-9H,4-5H2,1-3H3,(H,10,11,12). The van der Waals surface area contributed by atoms with Crippen molar-refractivity contribution in [2.75, 3.05) is 0 Å². The average Bonchev–Trinajstić information content (AvgIpc) is 1.81. The Labute approximate surface area is 79.7 Å². The first-order valence-corrected chi connectivity index (χ1v) is 5.89. The van der Waals surface area contributed by atoms with Crippen LogP contribution in [-0.4, -0.2) is 29.4 Å². The van der Waals surface area contributed by atoms with Crippen LogP contribution in [0.1, 0.15) is 33.6 Å². The van der Waals surface area contributed by atoms with Crippen LogP contribution in [0, 0.1) is 5.92 Å². The molecule has 5 heteroatoms. The van der Waals surface area contributed by atoms with Crippen LogP contribution in [0.2, 0.25) is 0 Å². The summed E-state index contributed by atoms with van der Waals surface area (Å²) in [6, 6.07) is 0. The third-order valence-electron chi connectivity index (χ3n) is 2.00. The summed E-state index contributed by atoms with van der Waals surface area (Å²) in [5, 5.41) is 8.21. The van der Waals surface area contributed by atoms with Crippen LogP contribution in [0.5, 0.6) is 0 Å². The molecule has 0 aromatic heterocycles. The number of hydrogen-bond donors (Lipinski definition) is 2. The molecule has 0 aliphatic heterocycles. The van der Waals surface area contributed by atoms with Gasteiger partial charge >= 0.3 is 0 Å². The number of aliphatic hydroxyl groups excluding tert-OH is 1. The fourth-order valence-electron chi connectivity index (χ4n) is 1.23. The molecule has 0 bridgehead atoms. The van der Waals surface area contributed by atoms with Gasteiger partial charge in [0.1, 0.15) is 0 Å². The maximum Gasteiger partial charge on any atom is 0.268 e. The lowest BCUT2D eigenvalue weighted by molar-refractivity contribution is 0.178. The quantitative estimate of drug-likeness (QED) is 0.665. The van der Waals surface area contributed by atoms with E-state index >= 15 is 0 Å². The fraction of sp³-hybridized carbons (Fsp3) is 1.00. The molecule has 0 amide bonds. The highest BCUT2D eigenvalue weighted by Gasteiger charge is 2.26. The predicted octanol–water partition coefficient (Wildman–Crippen LogP) is 1.06. The molecule has 0 heterocycles. The van der Waals surface area contributed by atoms with Crippen LogP contribution in [0.4, 0.5) is 0 Å². The Morgan fingerprint density at radius 3 is 1.85 bits per heavy atom. The maximum absolute atomic E-state index is 10.9. The normalized spacial score (nSPS) is 17.4. The molecule has 0 radical (unpaired) electrons. The van der Waals surface area contributed by atoms with Crippen LogP contribution in [0.25, 0.3) is 0 Å². The highest BCUT2D eigenvalue weighted by Crippen LogP contribution is 2.17. The van der Waals surface area contributed by atoms with E-state index in [4.69, 9.17) is 9.66 Å². The predicted molar refractivity (Wildman–Crippen MR) is 51.1 cm³/mol. The largest absolute Gasteiger partial charge is 0.393 e. The lowest BCUT2D eigenvalue weighted by Crippen LogP contribution is -2.27. The van der Waals surface area contributed by atoms with Crippen molar-refractivity contribution in [3.05, 3.63) is 0 Å². The molecule has 2 N–H and O–H groups in total. The molecular formula is C8H18O4S. The van der Waals surface area contributed by atoms with Crippen molar-refractivity contribution in [3.8, 4) is 0 Å². The summed E-state index contributed by atoms with van der Waals surface area (Å²) in [5.74, 6) is -0.131. The molecule has 0 spiro atoms. The highest BCUT2D eigenvalue weighted by atomic mass is 32.2. The van der Waals surface area contributed by atoms with E-state index in [2.05, 4.69) is 0 Å². The molecule has 2 unspecified atom stereocenters. The molecule has 4 nitrogen and oxygen atoms in total. The Morgan fingerprint density at radius 2 is 1.62 bits per heavy atom. The van der Waals surface area contributed by atoms with Gasteiger partial charge in [0.15, 0.2) is 0 Å². The van der Waals surface area contributed by atoms with Gasteiger partial charge in [-0.25, -0.2) is 0 Å². The second-order valence-corrected chi connectivity index (χ2v) is 5.36. The van der Waals surface area contributed by atoms with Gasteiger partial charge < -0.3 is 5.11 Å². The topological polar surface area (TPSA) is 74.6 Å². The third kappa shape index (κ3) is 5.23. The third-order valence-corrected chi connectivity index (χ3v) is 3.54. The van der Waals surface area contributed by atoms with Gasteiger partial charge in [-0.3, -0.25) is 4.55 Å². The Balaban J connectivity index is 4.30. The molecule has 0 aliphatic carbocycles. The van der Waals surface area contributed by atoms with Gasteiger partial charge in [-0.1, -0.05) is 13.8 Å². The van der Waals surface area contributed by atoms with Gasteiger partial charge in [-0.2, -0.15) is 8.42 Å². The van der Waals surface area contributed by atoms with Gasteiger partial charge in [0, 0.05) is 0 Å². The van der Waals surface area contributed by atoms with Gasteiger partial charge in [-0.05, 0) is 25.7 Å². The Hall–Kier alpha value is -0.130. The van der Waals surface area contributed by atoms with Crippen molar-refractivity contribution in [1.82, 2.24) is 0 Å². The SMILES string of the molecule is CC(O)CCC(C(C)C)S(=O)(=O)O. The summed E-state index contributed by atoms with van der Waals surface area (Å²) in [6.45, 7) is 5.07. The molecule has 13 heavy (non-hydrogen) atoms. The van der Waals surface area contributed by atoms with E-state index in [1.807, 2.05) is 0 Å². The van der Waals surface area contributed by atoms with Crippen molar-refractivity contribution in [2.45, 2.75) is 45.0 Å². The molecule has 0 saturated carbocycles. The maximum atomic E-state index is 10.9. The zero-order valence-electron chi connectivity index (χ0n) is 8.27. The molecule has 0 aromatic rings. The van der Waals surface area contributed by atoms with E-state index in [-0.39, 0.29) is 5.92 Å². The van der Waals surface area contributed by atoms with Crippen molar-refractivity contribution in [2.24, 2.45) is 5.92 Å². The lowest BCUT2D eigenvalue weighted by atomic mass is 10.0. The molecule has 0 saturated heterocycles. The molecule has 0 aliphatic rings. The van der Waals surface area contributed by atoms with Crippen molar-refractivity contribution in [1.29, 1.82) is 0 Å². The van der Waals surface area contributed by atoms with E-state index in [1.165, 1.54) is 0 Å². The Bertz CT molecular complexity index is 231. The van der Waals surface area contributed by atoms with Crippen LogP contribution in [-0.2, 0) is 10.1 Å². The van der Waals surface area contributed by atoms with Gasteiger partial charge in [-0.15, -0.1) is 0 Å². The van der Waals surface area contributed by atoms with E-state index < -0.39 is 21.5 Å². The zero-order chi connectivity index (χ0) is 10.6. The van der Waals surface area contributed by atoms with Crippen LogP contribution in [0.15, 0.2) is 0 Å². The highest BCUT2D eigenvalue weighted by molar-refractivity contribution is 7.86. The number of hydrogen-bond acceptors (Lipinski definition) is 3. The first-order valence-electron chi connectivity index (χ1n) is 4.39. The molecule has 80 valence electrons. The average molecular weight is 210 g/mol. The Morgan fingerprint density at radius 1 is 1.15 bits per heavy atom. The second-order valence-electron chi connectivity index (χ2n) is 3.72. The summed E-state index contributed by atoms with van der Waals surface area (Å²) < 4.78 is 30.6. The Kier molecular flexibility index (Phi) is 4.88. The van der Waals surface area contributed by atoms with Crippen LogP contribution in [0.3, 0.4) is 0 Å². The minimum absolute atomic E-state index is 0.131. The smallest absolute Gasteiger partial charge is 0.268 e. The fourth-order valence-corrected chi connectivity index (χ4v) is 2.35. The summed E-state index contributed by atoms with van der Waals surface area (Å²) in [6.07, 6.45) is 0.166. The van der Waals surface area contributed by atoms with E-state index in [0.717, 1.165) is 0 Å². The summed E-state index contributed by atoms with van der Waals surface area (Å²) >= 11 is 0. The summed E-state index contributed by atoms with van der Waals surface area (Å²) in [4.78, 5) is 0. The monoisotopic (exact) mass is 210 g/mol. The minimum Gasteiger partial charge on any atom is -0.393 e. The number of rotatable bonds is 5. The van der Waals surface area contributed by atoms with Crippen molar-refractivity contribution >= 4 is 10.1 Å². The molecule has 0 rings (SSSR count). The van der Waals surface area contributed by atoms with Crippen molar-refractivity contribution in [3.63, 3.8) is 0 Å². The van der Waals surface area contributed by atoms with Crippen LogP contribution < -0.4 is 0 Å². The van der Waals surface area contributed by atoms with Gasteiger partial charge in [0.2, 0.25) is 0 Å². The molecule has 0 aromatic carbocycles. The molecule has 2 atom stereocenters. The summed E-state index contributed by atoms with van der Waals surface area (Å²) in [7, 11) is -3.97. The lowest BCUT2D eigenvalue weighted by Gasteiger charge is -2.17. The van der Waals surface area contributed by atoms with Gasteiger partial charge in [0.25, 0.3) is 10.1 Å². The molecular weight excluding hydrogens is 192 g/mol. The van der Waals surface area contributed by atoms with E-state index in [1.54, 1.807) is 20.8 Å². The zero-order valence-corrected chi connectivity index (χ0v) is 9.08. The van der Waals surface area contributed by atoms with E-state index in [9.17, 15) is 8.42 Å². The van der Waals surface area contributed by atoms with Crippen LogP contribution >= 0.6 is 0 Å². The summed E-state index contributed by atoms with van der Waals surface area (Å²) in [5.41, 5.74) is 0. The van der Waals surface area contributed by atoms with E-state index in [0.29, 0.717) is 12.8 Å². The number of aliphatic hydroxyl groups is 1. The van der Waals surface area contributed by atoms with Crippen molar-refractivity contribution < 1.29 is 18.1 Å². The second kappa shape index (κ2) is 4.93. The first kappa shape index (κ1) is 12.9. The van der Waals surface area contributed by atoms with Gasteiger partial charge in [0.05, 0.1) is 11.4 Å². The minimum atomic E-state index is -3.97. The first-order chi connectivity index (χ1) is 5.75.